The highest BCUT2D eigenvalue weighted by Crippen LogP contribution is 2.28. The van der Waals surface area contributed by atoms with Crippen molar-refractivity contribution in [2.45, 2.75) is 6.92 Å². The van der Waals surface area contributed by atoms with E-state index < -0.39 is 0 Å². The molecule has 0 saturated carbocycles. The minimum absolute atomic E-state index is 0.0133. The molecule has 1 saturated heterocycles. The second-order valence-corrected chi connectivity index (χ2v) is 4.67. The van der Waals surface area contributed by atoms with Crippen LogP contribution in [0.2, 0.25) is 0 Å². The Balaban J connectivity index is 2.03. The zero-order valence-electron chi connectivity index (χ0n) is 11.1. The molecule has 0 N–H and O–H groups in total. The molecule has 0 spiro atoms. The summed E-state index contributed by atoms with van der Waals surface area (Å²) in [6.45, 7) is 5.69. The highest BCUT2D eigenvalue weighted by atomic mass is 35.5. The Morgan fingerprint density at radius 3 is 2.58 bits per heavy atom. The molecular formula is C14H19ClN2O2. The lowest BCUT2D eigenvalue weighted by molar-refractivity contribution is -0.128. The number of amides is 1. The summed E-state index contributed by atoms with van der Waals surface area (Å²) in [6, 6.07) is 8.02. The number of anilines is 1. The Hall–Kier alpha value is -1.42. The van der Waals surface area contributed by atoms with Crippen molar-refractivity contribution in [1.82, 2.24) is 4.90 Å². The van der Waals surface area contributed by atoms with Gasteiger partial charge in [-0.1, -0.05) is 12.1 Å². The first-order valence-corrected chi connectivity index (χ1v) is 7.10. The number of hydrogen-bond donors (Lipinski definition) is 0. The number of rotatable bonds is 4. The molecule has 0 bridgehead atoms. The average molecular weight is 283 g/mol. The second-order valence-electron chi connectivity index (χ2n) is 4.40. The molecule has 0 aromatic heterocycles. The number of para-hydroxylation sites is 2. The third-order valence-corrected chi connectivity index (χ3v) is 3.48. The summed E-state index contributed by atoms with van der Waals surface area (Å²) >= 11 is 5.58. The van der Waals surface area contributed by atoms with Crippen molar-refractivity contribution in [1.29, 1.82) is 0 Å². The maximum atomic E-state index is 11.5. The lowest BCUT2D eigenvalue weighted by Crippen LogP contribution is -2.49. The van der Waals surface area contributed by atoms with Crippen LogP contribution in [0.25, 0.3) is 0 Å². The number of carbonyl (C=O) groups is 1. The zero-order valence-corrected chi connectivity index (χ0v) is 11.9. The van der Waals surface area contributed by atoms with Crippen molar-refractivity contribution < 1.29 is 9.53 Å². The minimum Gasteiger partial charge on any atom is -0.492 e. The molecule has 0 atom stereocenters. The van der Waals surface area contributed by atoms with Gasteiger partial charge in [-0.3, -0.25) is 4.79 Å². The SMILES string of the molecule is CCOc1ccccc1N1CCN(C(=O)CCl)CC1. The van der Waals surface area contributed by atoms with E-state index >= 15 is 0 Å². The smallest absolute Gasteiger partial charge is 0.237 e. The molecule has 0 radical (unpaired) electrons. The molecule has 2 rings (SSSR count). The number of ether oxygens (including phenoxy) is 1. The number of hydrogen-bond acceptors (Lipinski definition) is 3. The van der Waals surface area contributed by atoms with E-state index in [1.54, 1.807) is 0 Å². The molecule has 1 heterocycles. The van der Waals surface area contributed by atoms with Crippen LogP contribution in [0.3, 0.4) is 0 Å². The summed E-state index contributed by atoms with van der Waals surface area (Å²) in [5, 5.41) is 0. The van der Waals surface area contributed by atoms with Crippen LogP contribution in [-0.4, -0.2) is 49.5 Å². The molecule has 1 fully saturated rings. The van der Waals surface area contributed by atoms with E-state index in [9.17, 15) is 4.79 Å². The Kier molecular flexibility index (Phi) is 4.91. The number of alkyl halides is 1. The maximum Gasteiger partial charge on any atom is 0.237 e. The number of halogens is 1. The standard InChI is InChI=1S/C14H19ClN2O2/c1-2-19-13-6-4-3-5-12(13)16-7-9-17(10-8-16)14(18)11-15/h3-6H,2,7-11H2,1H3. The first-order chi connectivity index (χ1) is 9.26. The molecule has 19 heavy (non-hydrogen) atoms. The summed E-state index contributed by atoms with van der Waals surface area (Å²) < 4.78 is 5.64. The average Bonchev–Trinajstić information content (AvgIpc) is 2.47. The predicted molar refractivity (Wildman–Crippen MR) is 77.1 cm³/mol. The van der Waals surface area contributed by atoms with Crippen LogP contribution in [-0.2, 0) is 4.79 Å². The maximum absolute atomic E-state index is 11.5. The first-order valence-electron chi connectivity index (χ1n) is 6.56. The van der Waals surface area contributed by atoms with Crippen LogP contribution < -0.4 is 9.64 Å². The van der Waals surface area contributed by atoms with E-state index in [2.05, 4.69) is 11.0 Å². The number of nitrogens with zero attached hydrogens (tertiary/aromatic N) is 2. The van der Waals surface area contributed by atoms with Crippen molar-refractivity contribution in [2.24, 2.45) is 0 Å². The summed E-state index contributed by atoms with van der Waals surface area (Å²) in [5.41, 5.74) is 1.10. The fraction of sp³-hybridized carbons (Fsp3) is 0.500. The monoisotopic (exact) mass is 282 g/mol. The Bertz CT molecular complexity index is 431. The molecule has 1 aromatic rings. The van der Waals surface area contributed by atoms with Crippen LogP contribution in [0.4, 0.5) is 5.69 Å². The van der Waals surface area contributed by atoms with Gasteiger partial charge in [-0.2, -0.15) is 0 Å². The van der Waals surface area contributed by atoms with Gasteiger partial charge in [0.1, 0.15) is 11.6 Å². The topological polar surface area (TPSA) is 32.8 Å². The highest BCUT2D eigenvalue weighted by Gasteiger charge is 2.22. The molecule has 0 unspecified atom stereocenters. The van der Waals surface area contributed by atoms with Crippen LogP contribution in [0.15, 0.2) is 24.3 Å². The first kappa shape index (κ1) is 14.0. The third-order valence-electron chi connectivity index (χ3n) is 3.25. The van der Waals surface area contributed by atoms with Crippen LogP contribution in [0.5, 0.6) is 5.75 Å². The van der Waals surface area contributed by atoms with Gasteiger partial charge >= 0.3 is 0 Å². The van der Waals surface area contributed by atoms with Gasteiger partial charge in [0.05, 0.1) is 12.3 Å². The van der Waals surface area contributed by atoms with E-state index in [4.69, 9.17) is 16.3 Å². The lowest BCUT2D eigenvalue weighted by Gasteiger charge is -2.36. The third kappa shape index (κ3) is 3.32. The molecule has 1 amide bonds. The van der Waals surface area contributed by atoms with Crippen molar-refractivity contribution in [2.75, 3.05) is 43.6 Å². The highest BCUT2D eigenvalue weighted by molar-refractivity contribution is 6.27. The molecule has 4 nitrogen and oxygen atoms in total. The van der Waals surface area contributed by atoms with Gasteiger partial charge in [-0.25, -0.2) is 0 Å². The fourth-order valence-electron chi connectivity index (χ4n) is 2.28. The van der Waals surface area contributed by atoms with Crippen molar-refractivity contribution in [3.63, 3.8) is 0 Å². The quantitative estimate of drug-likeness (QED) is 0.792. The fourth-order valence-corrected chi connectivity index (χ4v) is 2.45. The minimum atomic E-state index is 0.0133. The van der Waals surface area contributed by atoms with Gasteiger partial charge in [-0.05, 0) is 19.1 Å². The van der Waals surface area contributed by atoms with Gasteiger partial charge < -0.3 is 14.5 Å². The molecule has 0 aliphatic carbocycles. The van der Waals surface area contributed by atoms with Gasteiger partial charge in [-0.15, -0.1) is 11.6 Å². The Morgan fingerprint density at radius 1 is 1.26 bits per heavy atom. The summed E-state index contributed by atoms with van der Waals surface area (Å²) in [7, 11) is 0. The number of benzene rings is 1. The zero-order chi connectivity index (χ0) is 13.7. The van der Waals surface area contributed by atoms with E-state index in [1.165, 1.54) is 0 Å². The predicted octanol–water partition coefficient (Wildman–Crippen LogP) is 1.97. The Labute approximate surface area is 118 Å². The van der Waals surface area contributed by atoms with Crippen LogP contribution in [0, 0.1) is 0 Å². The van der Waals surface area contributed by atoms with Crippen LogP contribution in [0.1, 0.15) is 6.92 Å². The van der Waals surface area contributed by atoms with E-state index in [0.717, 1.165) is 24.5 Å². The number of piperazine rings is 1. The van der Waals surface area contributed by atoms with Crippen LogP contribution >= 0.6 is 11.6 Å². The van der Waals surface area contributed by atoms with E-state index in [1.807, 2.05) is 30.0 Å². The number of carbonyl (C=O) groups excluding carboxylic acids is 1. The molecule has 1 aliphatic heterocycles. The molecule has 5 heteroatoms. The van der Waals surface area contributed by atoms with Gasteiger partial charge in [0, 0.05) is 26.2 Å². The molecule has 1 aromatic carbocycles. The summed E-state index contributed by atoms with van der Waals surface area (Å²) in [6.07, 6.45) is 0. The molecule has 1 aliphatic rings. The van der Waals surface area contributed by atoms with Gasteiger partial charge in [0.15, 0.2) is 0 Å². The van der Waals surface area contributed by atoms with Crippen molar-refractivity contribution in [3.05, 3.63) is 24.3 Å². The van der Waals surface area contributed by atoms with Crippen molar-refractivity contribution in [3.8, 4) is 5.75 Å². The normalized spacial score (nSPS) is 15.5. The molecule has 104 valence electrons. The lowest BCUT2D eigenvalue weighted by atomic mass is 10.2. The second kappa shape index (κ2) is 6.66. The summed E-state index contributed by atoms with van der Waals surface area (Å²) in [5.74, 6) is 0.983. The summed E-state index contributed by atoms with van der Waals surface area (Å²) in [4.78, 5) is 15.6. The van der Waals surface area contributed by atoms with E-state index in [-0.39, 0.29) is 11.8 Å². The molecular weight excluding hydrogens is 264 g/mol. The van der Waals surface area contributed by atoms with Crippen molar-refractivity contribution >= 4 is 23.2 Å². The van der Waals surface area contributed by atoms with Gasteiger partial charge in [0.25, 0.3) is 0 Å². The largest absolute Gasteiger partial charge is 0.492 e. The Morgan fingerprint density at radius 2 is 1.95 bits per heavy atom. The van der Waals surface area contributed by atoms with Gasteiger partial charge in [0.2, 0.25) is 5.91 Å². The van der Waals surface area contributed by atoms with E-state index in [0.29, 0.717) is 19.7 Å².